The number of hydrogen-bond acceptors (Lipinski definition) is 3. The molecule has 4 atom stereocenters. The molecule has 4 rings (SSSR count). The molecule has 2 amide bonds. The van der Waals surface area contributed by atoms with E-state index in [-0.39, 0.29) is 29.7 Å². The van der Waals surface area contributed by atoms with Crippen LogP contribution >= 0.6 is 15.9 Å². The van der Waals surface area contributed by atoms with Crippen LogP contribution < -0.4 is 5.32 Å². The summed E-state index contributed by atoms with van der Waals surface area (Å²) in [6, 6.07) is 3.66. The molecule has 132 valence electrons. The molecule has 1 aliphatic carbocycles. The first-order valence-corrected chi connectivity index (χ1v) is 9.14. The van der Waals surface area contributed by atoms with Crippen molar-refractivity contribution in [3.63, 3.8) is 0 Å². The number of imidazole rings is 1. The van der Waals surface area contributed by atoms with Gasteiger partial charge in [-0.05, 0) is 53.2 Å². The number of amides is 2. The van der Waals surface area contributed by atoms with Crippen molar-refractivity contribution >= 4 is 33.4 Å². The Morgan fingerprint density at radius 1 is 1.40 bits per heavy atom. The molecule has 2 aromatic heterocycles. The number of nitrogens with zero attached hydrogens (tertiary/aromatic N) is 3. The SMILES string of the molecule is C[C@H](NC(=O)C1[C@@H]2C[C@H]1CN(C(=O)O)C2)c1ncc2c(Br)cccn12. The third-order valence-electron chi connectivity index (χ3n) is 5.40. The predicted octanol–water partition coefficient (Wildman–Crippen LogP) is 2.52. The number of halogens is 1. The number of hydrogen-bond donors (Lipinski definition) is 2. The first-order valence-electron chi connectivity index (χ1n) is 8.35. The van der Waals surface area contributed by atoms with E-state index in [1.54, 1.807) is 6.20 Å². The van der Waals surface area contributed by atoms with Gasteiger partial charge in [-0.15, -0.1) is 0 Å². The van der Waals surface area contributed by atoms with Crippen LogP contribution in [0.1, 0.15) is 25.2 Å². The van der Waals surface area contributed by atoms with Gasteiger partial charge in [-0.25, -0.2) is 9.78 Å². The predicted molar refractivity (Wildman–Crippen MR) is 94.1 cm³/mol. The molecule has 0 aromatic carbocycles. The summed E-state index contributed by atoms with van der Waals surface area (Å²) < 4.78 is 2.91. The average molecular weight is 407 g/mol. The number of carbonyl (C=O) groups is 2. The maximum atomic E-state index is 12.7. The van der Waals surface area contributed by atoms with Crippen molar-refractivity contribution in [2.75, 3.05) is 13.1 Å². The van der Waals surface area contributed by atoms with Crippen LogP contribution in [-0.4, -0.2) is 44.5 Å². The zero-order valence-electron chi connectivity index (χ0n) is 13.7. The Labute approximate surface area is 153 Å². The second-order valence-corrected chi connectivity index (χ2v) is 7.78. The highest BCUT2D eigenvalue weighted by Crippen LogP contribution is 2.45. The number of aromatic nitrogens is 2. The molecule has 2 N–H and O–H groups in total. The van der Waals surface area contributed by atoms with Crippen LogP contribution in [-0.2, 0) is 4.79 Å². The molecule has 1 aliphatic heterocycles. The number of fused-ring (bicyclic) bond motifs is 3. The minimum absolute atomic E-state index is 0.00513. The molecule has 2 fully saturated rings. The Morgan fingerprint density at radius 2 is 2.12 bits per heavy atom. The van der Waals surface area contributed by atoms with Gasteiger partial charge < -0.3 is 19.7 Å². The van der Waals surface area contributed by atoms with Gasteiger partial charge in [-0.3, -0.25) is 4.79 Å². The zero-order chi connectivity index (χ0) is 17.7. The van der Waals surface area contributed by atoms with Crippen molar-refractivity contribution in [3.8, 4) is 0 Å². The van der Waals surface area contributed by atoms with Gasteiger partial charge in [-0.2, -0.15) is 0 Å². The molecule has 0 spiro atoms. The summed E-state index contributed by atoms with van der Waals surface area (Å²) in [7, 11) is 0. The highest BCUT2D eigenvalue weighted by Gasteiger charge is 2.51. The lowest BCUT2D eigenvalue weighted by atomic mass is 9.61. The Morgan fingerprint density at radius 3 is 2.80 bits per heavy atom. The van der Waals surface area contributed by atoms with E-state index in [2.05, 4.69) is 26.2 Å². The van der Waals surface area contributed by atoms with Gasteiger partial charge in [0.2, 0.25) is 5.91 Å². The smallest absolute Gasteiger partial charge is 0.407 e. The number of carboxylic acid groups (broad SMARTS) is 1. The molecule has 8 heteroatoms. The highest BCUT2D eigenvalue weighted by atomic mass is 79.9. The van der Waals surface area contributed by atoms with E-state index < -0.39 is 6.09 Å². The molecule has 2 bridgehead atoms. The quantitative estimate of drug-likeness (QED) is 0.819. The second-order valence-electron chi connectivity index (χ2n) is 6.93. The molecule has 1 saturated carbocycles. The Balaban J connectivity index is 1.46. The van der Waals surface area contributed by atoms with Crippen LogP contribution in [0.5, 0.6) is 0 Å². The minimum Gasteiger partial charge on any atom is -0.465 e. The van der Waals surface area contributed by atoms with Gasteiger partial charge in [-0.1, -0.05) is 0 Å². The Kier molecular flexibility index (Phi) is 3.94. The summed E-state index contributed by atoms with van der Waals surface area (Å²) >= 11 is 3.50. The van der Waals surface area contributed by atoms with E-state index in [0.717, 1.165) is 22.2 Å². The largest absolute Gasteiger partial charge is 0.465 e. The molecular formula is C17H19BrN4O3. The van der Waals surface area contributed by atoms with Gasteiger partial charge in [0, 0.05) is 29.7 Å². The number of likely N-dealkylation sites (tertiary alicyclic amines) is 1. The van der Waals surface area contributed by atoms with E-state index in [9.17, 15) is 9.59 Å². The standard InChI is InChI=1S/C17H19BrN4O3/c1-9(15-19-6-13-12(18)3-2-4-22(13)15)20-16(23)14-10-5-11(14)8-21(7-10)17(24)25/h2-4,6,9-11,14H,5,7-8H2,1H3,(H,20,23)(H,24,25)/t9-,10-,11+,14?/m0/s1. The summed E-state index contributed by atoms with van der Waals surface area (Å²) in [5.74, 6) is 0.962. The van der Waals surface area contributed by atoms with Crippen LogP contribution in [0.2, 0.25) is 0 Å². The monoisotopic (exact) mass is 406 g/mol. The minimum atomic E-state index is -0.892. The van der Waals surface area contributed by atoms with Crippen LogP contribution in [0.4, 0.5) is 4.79 Å². The van der Waals surface area contributed by atoms with Crippen LogP contribution in [0, 0.1) is 17.8 Å². The van der Waals surface area contributed by atoms with E-state index in [4.69, 9.17) is 5.11 Å². The third kappa shape index (κ3) is 2.68. The normalized spacial score (nSPS) is 26.2. The summed E-state index contributed by atoms with van der Waals surface area (Å²) in [6.07, 6.45) is 3.75. The van der Waals surface area contributed by atoms with Gasteiger partial charge >= 0.3 is 6.09 Å². The number of carbonyl (C=O) groups excluding carboxylic acids is 1. The molecular weight excluding hydrogens is 388 g/mol. The van der Waals surface area contributed by atoms with Crippen LogP contribution in [0.3, 0.4) is 0 Å². The van der Waals surface area contributed by atoms with Crippen LogP contribution in [0.25, 0.3) is 5.52 Å². The average Bonchev–Trinajstić information content (AvgIpc) is 3.00. The maximum absolute atomic E-state index is 12.7. The summed E-state index contributed by atoms with van der Waals surface area (Å²) in [5, 5.41) is 12.2. The van der Waals surface area contributed by atoms with Gasteiger partial charge in [0.15, 0.2) is 0 Å². The maximum Gasteiger partial charge on any atom is 0.407 e. The second kappa shape index (κ2) is 6.01. The molecule has 3 heterocycles. The number of pyridine rings is 1. The lowest BCUT2D eigenvalue weighted by Crippen LogP contribution is -2.60. The van der Waals surface area contributed by atoms with E-state index >= 15 is 0 Å². The topological polar surface area (TPSA) is 86.9 Å². The van der Waals surface area contributed by atoms with Gasteiger partial charge in [0.1, 0.15) is 5.82 Å². The van der Waals surface area contributed by atoms with E-state index in [1.165, 1.54) is 4.90 Å². The fourth-order valence-corrected chi connectivity index (χ4v) is 4.62. The molecule has 0 radical (unpaired) electrons. The molecule has 2 aliphatic rings. The summed E-state index contributed by atoms with van der Waals surface area (Å²) in [4.78, 5) is 29.7. The van der Waals surface area contributed by atoms with Crippen molar-refractivity contribution in [1.29, 1.82) is 0 Å². The lowest BCUT2D eigenvalue weighted by molar-refractivity contribution is -0.141. The Hall–Kier alpha value is -2.09. The Bertz CT molecular complexity index is 840. The van der Waals surface area contributed by atoms with E-state index in [0.29, 0.717) is 13.1 Å². The van der Waals surface area contributed by atoms with Crippen molar-refractivity contribution in [3.05, 3.63) is 34.8 Å². The highest BCUT2D eigenvalue weighted by molar-refractivity contribution is 9.10. The van der Waals surface area contributed by atoms with Crippen molar-refractivity contribution < 1.29 is 14.7 Å². The van der Waals surface area contributed by atoms with Gasteiger partial charge in [0.05, 0.1) is 17.8 Å². The number of rotatable bonds is 3. The van der Waals surface area contributed by atoms with Gasteiger partial charge in [0.25, 0.3) is 0 Å². The molecule has 25 heavy (non-hydrogen) atoms. The molecule has 7 nitrogen and oxygen atoms in total. The van der Waals surface area contributed by atoms with Crippen molar-refractivity contribution in [2.24, 2.45) is 17.8 Å². The molecule has 1 saturated heterocycles. The molecule has 2 aromatic rings. The third-order valence-corrected chi connectivity index (χ3v) is 6.07. The van der Waals surface area contributed by atoms with E-state index in [1.807, 2.05) is 29.7 Å². The zero-order valence-corrected chi connectivity index (χ0v) is 15.3. The first kappa shape index (κ1) is 16.4. The lowest BCUT2D eigenvalue weighted by Gasteiger charge is -2.51. The van der Waals surface area contributed by atoms with Crippen molar-refractivity contribution in [2.45, 2.75) is 19.4 Å². The number of nitrogens with one attached hydrogen (secondary N) is 1. The van der Waals surface area contributed by atoms with Crippen molar-refractivity contribution in [1.82, 2.24) is 19.6 Å². The first-order chi connectivity index (χ1) is 12.0. The summed E-state index contributed by atoms with van der Waals surface area (Å²) in [5.41, 5.74) is 0.955. The van der Waals surface area contributed by atoms with Crippen LogP contribution in [0.15, 0.2) is 29.0 Å². The summed E-state index contributed by atoms with van der Waals surface area (Å²) in [6.45, 7) is 2.83. The fraction of sp³-hybridized carbons (Fsp3) is 0.471. The fourth-order valence-electron chi connectivity index (χ4n) is 4.17. The number of piperidine rings is 2. The molecule has 1 unspecified atom stereocenters.